The molecule has 2 rings (SSSR count). The van der Waals surface area contributed by atoms with E-state index in [1.165, 1.54) is 0 Å². The molecule has 6 N–H and O–H groups in total. The Morgan fingerprint density at radius 1 is 0.692 bits per heavy atom. The van der Waals surface area contributed by atoms with Crippen LogP contribution in [0.1, 0.15) is 11.1 Å². The highest BCUT2D eigenvalue weighted by molar-refractivity contribution is 5.83. The summed E-state index contributed by atoms with van der Waals surface area (Å²) in [6.45, 7) is 0.621. The molecule has 0 aliphatic rings. The van der Waals surface area contributed by atoms with Crippen molar-refractivity contribution >= 4 is 11.8 Å². The summed E-state index contributed by atoms with van der Waals surface area (Å²) in [6, 6.07) is 18.0. The fraction of sp³-hybridized carbons (Fsp3) is 0.300. The number of amides is 2. The second kappa shape index (κ2) is 10.3. The molecule has 2 aromatic carbocycles. The van der Waals surface area contributed by atoms with E-state index in [-0.39, 0.29) is 11.8 Å². The molecule has 2 atom stereocenters. The molecule has 0 saturated heterocycles. The van der Waals surface area contributed by atoms with Gasteiger partial charge in [-0.25, -0.2) is 0 Å². The fourth-order valence-electron chi connectivity index (χ4n) is 2.56. The molecule has 138 valence electrons. The number of nitrogens with one attached hydrogen (secondary N) is 2. The average Bonchev–Trinajstić information content (AvgIpc) is 2.66. The van der Waals surface area contributed by atoms with Crippen LogP contribution in [0.4, 0.5) is 0 Å². The molecule has 26 heavy (non-hydrogen) atoms. The van der Waals surface area contributed by atoms with E-state index < -0.39 is 12.1 Å². The van der Waals surface area contributed by atoms with Gasteiger partial charge in [0.1, 0.15) is 0 Å². The van der Waals surface area contributed by atoms with Gasteiger partial charge in [-0.15, -0.1) is 0 Å². The maximum atomic E-state index is 12.0. The van der Waals surface area contributed by atoms with E-state index >= 15 is 0 Å². The van der Waals surface area contributed by atoms with Gasteiger partial charge in [0.25, 0.3) is 0 Å². The first-order chi connectivity index (χ1) is 12.6. The molecule has 6 nitrogen and oxygen atoms in total. The molecule has 0 aliphatic carbocycles. The van der Waals surface area contributed by atoms with Crippen molar-refractivity contribution < 1.29 is 9.59 Å². The lowest BCUT2D eigenvalue weighted by atomic mass is 10.1. The van der Waals surface area contributed by atoms with Crippen LogP contribution in [0.15, 0.2) is 60.7 Å². The number of hydrogen-bond donors (Lipinski definition) is 4. The molecule has 0 radical (unpaired) electrons. The summed E-state index contributed by atoms with van der Waals surface area (Å²) >= 11 is 0. The SMILES string of the molecule is NC(Cc1ccccc1)C(=O)NCCNC(=O)C(N)Cc1ccccc1. The van der Waals surface area contributed by atoms with E-state index in [9.17, 15) is 9.59 Å². The van der Waals surface area contributed by atoms with Gasteiger partial charge in [0, 0.05) is 13.1 Å². The minimum absolute atomic E-state index is 0.239. The van der Waals surface area contributed by atoms with Crippen LogP contribution in [0.25, 0.3) is 0 Å². The Labute approximate surface area is 154 Å². The zero-order chi connectivity index (χ0) is 18.8. The number of rotatable bonds is 9. The van der Waals surface area contributed by atoms with Crippen LogP contribution >= 0.6 is 0 Å². The molecule has 0 saturated carbocycles. The zero-order valence-corrected chi connectivity index (χ0v) is 14.7. The van der Waals surface area contributed by atoms with Crippen LogP contribution in [0.5, 0.6) is 0 Å². The van der Waals surface area contributed by atoms with Gasteiger partial charge in [-0.3, -0.25) is 9.59 Å². The molecule has 0 aromatic heterocycles. The molecule has 6 heteroatoms. The average molecular weight is 354 g/mol. The Morgan fingerprint density at radius 2 is 1.04 bits per heavy atom. The number of benzene rings is 2. The van der Waals surface area contributed by atoms with Gasteiger partial charge < -0.3 is 22.1 Å². The predicted octanol–water partition coefficient (Wildman–Crippen LogP) is 0.359. The first-order valence-corrected chi connectivity index (χ1v) is 8.70. The molecular formula is C20H26N4O2. The molecule has 2 amide bonds. The molecule has 2 unspecified atom stereocenters. The zero-order valence-electron chi connectivity index (χ0n) is 14.7. The summed E-state index contributed by atoms with van der Waals surface area (Å²) in [4.78, 5) is 24.0. The number of carbonyl (C=O) groups is 2. The third-order valence-electron chi connectivity index (χ3n) is 3.99. The van der Waals surface area contributed by atoms with Crippen molar-refractivity contribution in [1.29, 1.82) is 0 Å². The molecular weight excluding hydrogens is 328 g/mol. The largest absolute Gasteiger partial charge is 0.353 e. The lowest BCUT2D eigenvalue weighted by Gasteiger charge is -2.14. The standard InChI is InChI=1S/C20H26N4O2/c21-17(13-15-7-3-1-4-8-15)19(25)23-11-12-24-20(26)18(22)14-16-9-5-2-6-10-16/h1-10,17-18H,11-14,21-22H2,(H,23,25)(H,24,26). The van der Waals surface area contributed by atoms with Crippen LogP contribution in [-0.4, -0.2) is 37.0 Å². The Hall–Kier alpha value is -2.70. The number of carbonyl (C=O) groups excluding carboxylic acids is 2. The highest BCUT2D eigenvalue weighted by Gasteiger charge is 2.15. The summed E-state index contributed by atoms with van der Waals surface area (Å²) in [5.74, 6) is -0.478. The Kier molecular flexibility index (Phi) is 7.79. The maximum Gasteiger partial charge on any atom is 0.237 e. The topological polar surface area (TPSA) is 110 Å². The van der Waals surface area contributed by atoms with Gasteiger partial charge >= 0.3 is 0 Å². The van der Waals surface area contributed by atoms with Gasteiger partial charge in [-0.1, -0.05) is 60.7 Å². The van der Waals surface area contributed by atoms with Crippen LogP contribution < -0.4 is 22.1 Å². The van der Waals surface area contributed by atoms with Gasteiger partial charge in [0.05, 0.1) is 12.1 Å². The van der Waals surface area contributed by atoms with Crippen molar-refractivity contribution in [2.75, 3.05) is 13.1 Å². The van der Waals surface area contributed by atoms with E-state index in [0.717, 1.165) is 11.1 Å². The Balaban J connectivity index is 1.64. The highest BCUT2D eigenvalue weighted by atomic mass is 16.2. The van der Waals surface area contributed by atoms with E-state index in [0.29, 0.717) is 25.9 Å². The minimum atomic E-state index is -0.617. The quantitative estimate of drug-likeness (QED) is 0.487. The summed E-state index contributed by atoms with van der Waals surface area (Å²) < 4.78 is 0. The minimum Gasteiger partial charge on any atom is -0.353 e. The third kappa shape index (κ3) is 6.66. The van der Waals surface area contributed by atoms with Crippen LogP contribution in [0.3, 0.4) is 0 Å². The fourth-order valence-corrected chi connectivity index (χ4v) is 2.56. The van der Waals surface area contributed by atoms with Crippen LogP contribution in [0, 0.1) is 0 Å². The summed E-state index contributed by atoms with van der Waals surface area (Å²) in [5, 5.41) is 5.45. The highest BCUT2D eigenvalue weighted by Crippen LogP contribution is 2.02. The second-order valence-corrected chi connectivity index (χ2v) is 6.17. The summed E-state index contributed by atoms with van der Waals surface area (Å²) in [6.07, 6.45) is 0.946. The molecule has 0 fully saturated rings. The van der Waals surface area contributed by atoms with Crippen molar-refractivity contribution in [2.45, 2.75) is 24.9 Å². The summed E-state index contributed by atoms with van der Waals surface area (Å²) in [7, 11) is 0. The molecule has 0 aliphatic heterocycles. The van der Waals surface area contributed by atoms with Gasteiger partial charge in [-0.05, 0) is 24.0 Å². The van der Waals surface area contributed by atoms with Crippen molar-refractivity contribution in [3.63, 3.8) is 0 Å². The first kappa shape index (κ1) is 19.6. The molecule has 0 bridgehead atoms. The molecule has 0 spiro atoms. The van der Waals surface area contributed by atoms with E-state index in [4.69, 9.17) is 11.5 Å². The third-order valence-corrected chi connectivity index (χ3v) is 3.99. The van der Waals surface area contributed by atoms with Crippen molar-refractivity contribution in [3.8, 4) is 0 Å². The lowest BCUT2D eigenvalue weighted by Crippen LogP contribution is -2.47. The van der Waals surface area contributed by atoms with Crippen molar-refractivity contribution in [2.24, 2.45) is 11.5 Å². The number of nitrogens with two attached hydrogens (primary N) is 2. The molecule has 0 heterocycles. The normalized spacial score (nSPS) is 12.8. The van der Waals surface area contributed by atoms with E-state index in [1.807, 2.05) is 60.7 Å². The first-order valence-electron chi connectivity index (χ1n) is 8.70. The summed E-state index contributed by atoms with van der Waals surface area (Å²) in [5.41, 5.74) is 13.8. The van der Waals surface area contributed by atoms with E-state index in [2.05, 4.69) is 10.6 Å². The maximum absolute atomic E-state index is 12.0. The second-order valence-electron chi connectivity index (χ2n) is 6.17. The van der Waals surface area contributed by atoms with Crippen molar-refractivity contribution in [1.82, 2.24) is 10.6 Å². The van der Waals surface area contributed by atoms with Gasteiger partial charge in [0.15, 0.2) is 0 Å². The molecule has 2 aromatic rings. The van der Waals surface area contributed by atoms with Gasteiger partial charge in [0.2, 0.25) is 11.8 Å². The van der Waals surface area contributed by atoms with Crippen molar-refractivity contribution in [3.05, 3.63) is 71.8 Å². The number of hydrogen-bond acceptors (Lipinski definition) is 4. The Morgan fingerprint density at radius 3 is 1.38 bits per heavy atom. The smallest absolute Gasteiger partial charge is 0.237 e. The van der Waals surface area contributed by atoms with Crippen LogP contribution in [-0.2, 0) is 22.4 Å². The Bertz CT molecular complexity index is 630. The monoisotopic (exact) mass is 354 g/mol. The predicted molar refractivity (Wildman–Crippen MR) is 102 cm³/mol. The van der Waals surface area contributed by atoms with Crippen LogP contribution in [0.2, 0.25) is 0 Å². The van der Waals surface area contributed by atoms with E-state index in [1.54, 1.807) is 0 Å². The van der Waals surface area contributed by atoms with Gasteiger partial charge in [-0.2, -0.15) is 0 Å². The lowest BCUT2D eigenvalue weighted by molar-refractivity contribution is -0.124.